The molecule has 0 unspecified atom stereocenters. The second-order valence-electron chi connectivity index (χ2n) is 4.67. The molecular weight excluding hydrogens is 339 g/mol. The molecule has 1 nitrogen and oxygen atoms in total. The Balaban J connectivity index is -0.0000000845. The maximum Gasteiger partial charge on any atom is 3.00 e. The van der Waals surface area contributed by atoms with Gasteiger partial charge in [0, 0.05) is 5.54 Å². The van der Waals surface area contributed by atoms with Crippen molar-refractivity contribution in [3.63, 3.8) is 0 Å². The second-order valence-corrected chi connectivity index (χ2v) is 4.67. The van der Waals surface area contributed by atoms with E-state index in [1.54, 1.807) is 0 Å². The molecule has 6 heteroatoms. The summed E-state index contributed by atoms with van der Waals surface area (Å²) in [6, 6.07) is 0. The molecule has 0 rings (SSSR count). The van der Waals surface area contributed by atoms with Crippen LogP contribution in [0.4, 0.5) is 0 Å². The molecule has 0 amide bonds. The van der Waals surface area contributed by atoms with Gasteiger partial charge in [0.1, 0.15) is 0 Å². The van der Waals surface area contributed by atoms with Crippen LogP contribution in [-0.4, -0.2) is 22.9 Å². The first-order valence-electron chi connectivity index (χ1n) is 6.47. The van der Waals surface area contributed by atoms with Crippen LogP contribution in [-0.2, 0) is 0 Å². The molecule has 0 saturated heterocycles. The SMILES string of the molecule is CCCCC(N)(CCCC)CCCC.Cl.[Al+3].[Cl-].[Cl-].[Cl-]. The zero-order valence-electron chi connectivity index (χ0n) is 12.6. The van der Waals surface area contributed by atoms with Crippen molar-refractivity contribution in [1.82, 2.24) is 0 Å². The van der Waals surface area contributed by atoms with Crippen molar-refractivity contribution in [3.8, 4) is 0 Å². The van der Waals surface area contributed by atoms with Crippen LogP contribution in [0.2, 0.25) is 0 Å². The van der Waals surface area contributed by atoms with Crippen molar-refractivity contribution in [1.29, 1.82) is 0 Å². The van der Waals surface area contributed by atoms with E-state index in [2.05, 4.69) is 20.8 Å². The molecule has 0 radical (unpaired) electrons. The minimum atomic E-state index is 0. The Morgan fingerprint density at radius 1 is 0.684 bits per heavy atom. The molecule has 0 heterocycles. The molecule has 0 aliphatic carbocycles. The molecule has 0 aromatic carbocycles. The maximum absolute atomic E-state index is 6.46. The van der Waals surface area contributed by atoms with Crippen molar-refractivity contribution in [2.24, 2.45) is 5.73 Å². The average Bonchev–Trinajstić information content (AvgIpc) is 2.21. The third kappa shape index (κ3) is 22.1. The van der Waals surface area contributed by atoms with Crippen molar-refractivity contribution in [2.45, 2.75) is 84.1 Å². The van der Waals surface area contributed by atoms with Crippen LogP contribution in [0.5, 0.6) is 0 Å². The minimum Gasteiger partial charge on any atom is -1.00 e. The fourth-order valence-corrected chi connectivity index (χ4v) is 1.96. The molecule has 0 aliphatic rings. The van der Waals surface area contributed by atoms with Gasteiger partial charge >= 0.3 is 17.4 Å². The Bertz CT molecular complexity index is 118. The zero-order valence-corrected chi connectivity index (χ0v) is 16.8. The summed E-state index contributed by atoms with van der Waals surface area (Å²) in [6.07, 6.45) is 11.4. The zero-order chi connectivity index (χ0) is 10.9. The van der Waals surface area contributed by atoms with Crippen LogP contribution in [0, 0.1) is 0 Å². The summed E-state index contributed by atoms with van der Waals surface area (Å²) in [6.45, 7) is 6.75. The molecule has 0 atom stereocenters. The van der Waals surface area contributed by atoms with Crippen LogP contribution in [0.3, 0.4) is 0 Å². The van der Waals surface area contributed by atoms with Gasteiger partial charge in [0.05, 0.1) is 0 Å². The first-order chi connectivity index (χ1) is 6.68. The van der Waals surface area contributed by atoms with Crippen LogP contribution < -0.4 is 43.0 Å². The number of hydrogen-bond donors (Lipinski definition) is 1. The molecule has 0 aliphatic heterocycles. The van der Waals surface area contributed by atoms with E-state index >= 15 is 0 Å². The Morgan fingerprint density at radius 2 is 0.895 bits per heavy atom. The first-order valence-corrected chi connectivity index (χ1v) is 6.47. The molecule has 0 fully saturated rings. The van der Waals surface area contributed by atoms with Crippen LogP contribution >= 0.6 is 12.4 Å². The summed E-state index contributed by atoms with van der Waals surface area (Å²) in [7, 11) is 0. The second kappa shape index (κ2) is 24.7. The summed E-state index contributed by atoms with van der Waals surface area (Å²) in [5.41, 5.74) is 6.61. The third-order valence-electron chi connectivity index (χ3n) is 3.08. The Morgan fingerprint density at radius 3 is 1.05 bits per heavy atom. The molecule has 0 spiro atoms. The summed E-state index contributed by atoms with van der Waals surface area (Å²) in [4.78, 5) is 0. The van der Waals surface area contributed by atoms with E-state index in [1.807, 2.05) is 0 Å². The number of halogens is 4. The van der Waals surface area contributed by atoms with Gasteiger partial charge in [-0.3, -0.25) is 0 Å². The summed E-state index contributed by atoms with van der Waals surface area (Å²) >= 11 is 0. The van der Waals surface area contributed by atoms with Gasteiger partial charge in [0.15, 0.2) is 0 Å². The Kier molecular flexibility index (Phi) is 48.2. The van der Waals surface area contributed by atoms with E-state index < -0.39 is 0 Å². The predicted molar refractivity (Wildman–Crippen MR) is 78.5 cm³/mol. The average molecular weight is 369 g/mol. The van der Waals surface area contributed by atoms with Gasteiger partial charge in [-0.15, -0.1) is 12.4 Å². The molecular formula is C13H30AlCl4N. The Labute approximate surface area is 156 Å². The van der Waals surface area contributed by atoms with Crippen molar-refractivity contribution in [2.75, 3.05) is 0 Å². The fraction of sp³-hybridized carbons (Fsp3) is 1.00. The van der Waals surface area contributed by atoms with E-state index in [0.717, 1.165) is 0 Å². The van der Waals surface area contributed by atoms with E-state index in [9.17, 15) is 0 Å². The monoisotopic (exact) mass is 367 g/mol. The topological polar surface area (TPSA) is 26.0 Å². The Hall–Kier alpha value is 1.65. The van der Waals surface area contributed by atoms with E-state index in [1.165, 1.54) is 57.8 Å². The number of hydrogen-bond acceptors (Lipinski definition) is 1. The molecule has 19 heavy (non-hydrogen) atoms. The van der Waals surface area contributed by atoms with Gasteiger partial charge in [0.2, 0.25) is 0 Å². The smallest absolute Gasteiger partial charge is 1.00 e. The van der Waals surface area contributed by atoms with Gasteiger partial charge in [-0.05, 0) is 19.3 Å². The van der Waals surface area contributed by atoms with E-state index in [4.69, 9.17) is 5.73 Å². The van der Waals surface area contributed by atoms with Crippen molar-refractivity contribution >= 4 is 29.8 Å². The van der Waals surface area contributed by atoms with Gasteiger partial charge in [-0.2, -0.15) is 0 Å². The van der Waals surface area contributed by atoms with E-state index in [-0.39, 0.29) is 72.5 Å². The minimum absolute atomic E-state index is 0. The maximum atomic E-state index is 6.46. The fourth-order valence-electron chi connectivity index (χ4n) is 1.96. The molecule has 0 saturated carbocycles. The normalized spacial score (nSPS) is 8.84. The number of unbranched alkanes of at least 4 members (excludes halogenated alkanes) is 3. The molecule has 118 valence electrons. The molecule has 0 aromatic heterocycles. The number of nitrogens with two attached hydrogens (primary N) is 1. The van der Waals surface area contributed by atoms with Gasteiger partial charge in [0.25, 0.3) is 0 Å². The van der Waals surface area contributed by atoms with Crippen LogP contribution in [0.25, 0.3) is 0 Å². The standard InChI is InChI=1S/C13H29N.Al.4ClH/c1-4-7-10-13(14,11-8-5-2)12-9-6-3;;;;;/h4-12,14H2,1-3H3;;4*1H/q;+3;;;;/p-3. The summed E-state index contributed by atoms with van der Waals surface area (Å²) in [5, 5.41) is 0. The van der Waals surface area contributed by atoms with Gasteiger partial charge < -0.3 is 43.0 Å². The predicted octanol–water partition coefficient (Wildman–Crippen LogP) is -4.69. The van der Waals surface area contributed by atoms with Crippen molar-refractivity contribution in [3.05, 3.63) is 0 Å². The van der Waals surface area contributed by atoms with Crippen LogP contribution in [0.1, 0.15) is 78.6 Å². The van der Waals surface area contributed by atoms with Crippen molar-refractivity contribution < 1.29 is 37.2 Å². The van der Waals surface area contributed by atoms with Gasteiger partial charge in [-0.1, -0.05) is 59.3 Å². The quantitative estimate of drug-likeness (QED) is 0.407. The summed E-state index contributed by atoms with van der Waals surface area (Å²) < 4.78 is 0. The number of rotatable bonds is 9. The third-order valence-corrected chi connectivity index (χ3v) is 3.08. The van der Waals surface area contributed by atoms with Gasteiger partial charge in [-0.25, -0.2) is 0 Å². The van der Waals surface area contributed by atoms with E-state index in [0.29, 0.717) is 0 Å². The molecule has 2 N–H and O–H groups in total. The summed E-state index contributed by atoms with van der Waals surface area (Å²) in [5.74, 6) is 0. The largest absolute Gasteiger partial charge is 3.00 e. The first kappa shape index (κ1) is 37.2. The van der Waals surface area contributed by atoms with Crippen LogP contribution in [0.15, 0.2) is 0 Å². The molecule has 0 bridgehead atoms. The molecule has 0 aromatic rings.